The number of benzene rings is 2. The lowest BCUT2D eigenvalue weighted by molar-refractivity contribution is -0.137. The fourth-order valence-corrected chi connectivity index (χ4v) is 4.47. The van der Waals surface area contributed by atoms with Gasteiger partial charge < -0.3 is 19.5 Å². The molecule has 0 radical (unpaired) electrons. The molecule has 2 saturated heterocycles. The number of amides is 1. The summed E-state index contributed by atoms with van der Waals surface area (Å²) in [5.41, 5.74) is -2.42. The fourth-order valence-electron chi connectivity index (χ4n) is 3.94. The van der Waals surface area contributed by atoms with Crippen molar-refractivity contribution in [3.63, 3.8) is 0 Å². The van der Waals surface area contributed by atoms with E-state index < -0.39 is 41.0 Å². The molecule has 0 unspecified atom stereocenters. The van der Waals surface area contributed by atoms with E-state index in [0.29, 0.717) is 11.4 Å². The van der Waals surface area contributed by atoms with E-state index in [-0.39, 0.29) is 24.0 Å². The molecule has 0 saturated carbocycles. The third-order valence-electron chi connectivity index (χ3n) is 5.74. The lowest BCUT2D eigenvalue weighted by Gasteiger charge is -2.29. The highest BCUT2D eigenvalue weighted by molar-refractivity contribution is 7.81. The Morgan fingerprint density at radius 3 is 2.38 bits per heavy atom. The molecular formula is C23H20F3N3O4S. The molecule has 1 amide bonds. The molecule has 2 atom stereocenters. The molecule has 0 bridgehead atoms. The third-order valence-corrected chi connectivity index (χ3v) is 6.10. The summed E-state index contributed by atoms with van der Waals surface area (Å²) in [6, 6.07) is 11.2. The van der Waals surface area contributed by atoms with Gasteiger partial charge in [-0.1, -0.05) is 0 Å². The highest BCUT2D eigenvalue weighted by atomic mass is 32.1. The predicted molar refractivity (Wildman–Crippen MR) is 120 cm³/mol. The van der Waals surface area contributed by atoms with E-state index in [1.165, 1.54) is 12.1 Å². The van der Waals surface area contributed by atoms with Gasteiger partial charge in [-0.2, -0.15) is 18.4 Å². The number of nitrogens with zero attached hydrogens (tertiary/aromatic N) is 3. The highest BCUT2D eigenvalue weighted by Crippen LogP contribution is 2.40. The molecule has 178 valence electrons. The van der Waals surface area contributed by atoms with Crippen LogP contribution in [-0.4, -0.2) is 47.1 Å². The molecule has 0 aromatic heterocycles. The Hall–Kier alpha value is -3.20. The summed E-state index contributed by atoms with van der Waals surface area (Å²) in [5.74, 6) is -0.0341. The molecule has 2 aliphatic heterocycles. The summed E-state index contributed by atoms with van der Waals surface area (Å²) in [7, 11) is 0. The highest BCUT2D eigenvalue weighted by Gasteiger charge is 2.50. The zero-order valence-electron chi connectivity index (χ0n) is 18.2. The first kappa shape index (κ1) is 23.9. The maximum atomic E-state index is 13.5. The van der Waals surface area contributed by atoms with Crippen LogP contribution in [0.5, 0.6) is 5.75 Å². The van der Waals surface area contributed by atoms with Crippen molar-refractivity contribution >= 4 is 34.6 Å². The molecule has 34 heavy (non-hydrogen) atoms. The Labute approximate surface area is 198 Å². The van der Waals surface area contributed by atoms with Crippen molar-refractivity contribution in [2.75, 3.05) is 23.0 Å². The van der Waals surface area contributed by atoms with E-state index in [4.69, 9.17) is 27.0 Å². The Morgan fingerprint density at radius 1 is 1.18 bits per heavy atom. The van der Waals surface area contributed by atoms with Crippen molar-refractivity contribution in [3.8, 4) is 11.8 Å². The lowest BCUT2D eigenvalue weighted by Crippen LogP contribution is -2.44. The number of aliphatic hydroxyl groups excluding tert-OH is 1. The van der Waals surface area contributed by atoms with E-state index in [2.05, 4.69) is 0 Å². The number of carbonyl (C=O) groups is 1. The summed E-state index contributed by atoms with van der Waals surface area (Å²) in [5, 5.41) is 18.9. The quantitative estimate of drug-likeness (QED) is 0.654. The molecule has 2 aliphatic rings. The van der Waals surface area contributed by atoms with Crippen LogP contribution >= 0.6 is 12.2 Å². The van der Waals surface area contributed by atoms with Crippen LogP contribution in [0.2, 0.25) is 0 Å². The number of anilines is 2. The maximum absolute atomic E-state index is 13.5. The molecule has 0 spiro atoms. The number of alkyl halides is 3. The molecule has 2 aromatic carbocycles. The Bertz CT molecular complexity index is 1180. The zero-order valence-corrected chi connectivity index (χ0v) is 19.0. The van der Waals surface area contributed by atoms with E-state index in [0.717, 1.165) is 17.0 Å². The van der Waals surface area contributed by atoms with Gasteiger partial charge in [0.15, 0.2) is 5.11 Å². The number of halogens is 3. The van der Waals surface area contributed by atoms with Crippen LogP contribution in [0, 0.1) is 11.3 Å². The van der Waals surface area contributed by atoms with Crippen molar-refractivity contribution < 1.29 is 32.5 Å². The number of nitriles is 1. The van der Waals surface area contributed by atoms with E-state index >= 15 is 0 Å². The standard InChI is InChI=1S/C23H20F3N3O4S/c1-22(2)20(31)28(15-4-3-13(10-27)17(9-15)23(24,25)26)21(34)29(22)14-5-7-16(8-6-14)33-19-12-32-11-18(19)30/h3-9,18-19,30H,11-12H2,1-2H3/t18-,19-/m0/s1. The van der Waals surface area contributed by atoms with Crippen molar-refractivity contribution in [2.24, 2.45) is 0 Å². The molecule has 11 heteroatoms. The second-order valence-corrected chi connectivity index (χ2v) is 8.78. The van der Waals surface area contributed by atoms with Crippen LogP contribution in [0.3, 0.4) is 0 Å². The van der Waals surface area contributed by atoms with Crippen molar-refractivity contribution in [1.82, 2.24) is 0 Å². The zero-order chi connectivity index (χ0) is 24.8. The molecule has 7 nitrogen and oxygen atoms in total. The smallest absolute Gasteiger partial charge is 0.417 e. The van der Waals surface area contributed by atoms with Gasteiger partial charge in [0.25, 0.3) is 5.91 Å². The summed E-state index contributed by atoms with van der Waals surface area (Å²) in [6.45, 7) is 3.70. The minimum absolute atomic E-state index is 0.00103. The van der Waals surface area contributed by atoms with E-state index in [9.17, 15) is 23.1 Å². The van der Waals surface area contributed by atoms with Gasteiger partial charge in [-0.15, -0.1) is 0 Å². The molecule has 4 rings (SSSR count). The van der Waals surface area contributed by atoms with Crippen molar-refractivity contribution in [1.29, 1.82) is 5.26 Å². The van der Waals surface area contributed by atoms with Gasteiger partial charge in [0.1, 0.15) is 23.5 Å². The van der Waals surface area contributed by atoms with Crippen LogP contribution in [0.25, 0.3) is 0 Å². The number of thiocarbonyl (C=S) groups is 1. The Balaban J connectivity index is 1.65. The molecule has 1 N–H and O–H groups in total. The monoisotopic (exact) mass is 491 g/mol. The van der Waals surface area contributed by atoms with E-state index in [1.807, 2.05) is 0 Å². The first-order chi connectivity index (χ1) is 15.9. The lowest BCUT2D eigenvalue weighted by atomic mass is 10.0. The average molecular weight is 491 g/mol. The summed E-state index contributed by atoms with van der Waals surface area (Å²) >= 11 is 5.52. The minimum Gasteiger partial charge on any atom is -0.485 e. The molecule has 2 aromatic rings. The number of rotatable bonds is 4. The van der Waals surface area contributed by atoms with Crippen molar-refractivity contribution in [2.45, 2.75) is 37.8 Å². The number of carbonyl (C=O) groups excluding carboxylic acids is 1. The largest absolute Gasteiger partial charge is 0.485 e. The summed E-state index contributed by atoms with van der Waals surface area (Å²) < 4.78 is 51.3. The van der Waals surface area contributed by atoms with Crippen LogP contribution in [0.15, 0.2) is 42.5 Å². The van der Waals surface area contributed by atoms with Crippen LogP contribution in [-0.2, 0) is 15.7 Å². The summed E-state index contributed by atoms with van der Waals surface area (Å²) in [6.07, 6.45) is -5.99. The first-order valence-electron chi connectivity index (χ1n) is 10.3. The second-order valence-electron chi connectivity index (χ2n) is 8.41. The van der Waals surface area contributed by atoms with Crippen LogP contribution in [0.1, 0.15) is 25.0 Å². The number of ether oxygens (including phenoxy) is 2. The van der Waals surface area contributed by atoms with Gasteiger partial charge in [-0.3, -0.25) is 9.69 Å². The number of hydrogen-bond acceptors (Lipinski definition) is 6. The second kappa shape index (κ2) is 8.54. The molecule has 2 fully saturated rings. The van der Waals surface area contributed by atoms with Crippen LogP contribution < -0.4 is 14.5 Å². The molecular weight excluding hydrogens is 471 g/mol. The van der Waals surface area contributed by atoms with Gasteiger partial charge >= 0.3 is 6.18 Å². The van der Waals surface area contributed by atoms with Crippen molar-refractivity contribution in [3.05, 3.63) is 53.6 Å². The molecule has 0 aliphatic carbocycles. The van der Waals surface area contributed by atoms with Gasteiger partial charge in [0.2, 0.25) is 0 Å². The van der Waals surface area contributed by atoms with Gasteiger partial charge in [-0.05, 0) is 68.5 Å². The summed E-state index contributed by atoms with van der Waals surface area (Å²) in [4.78, 5) is 15.8. The predicted octanol–water partition coefficient (Wildman–Crippen LogP) is 3.63. The third kappa shape index (κ3) is 4.09. The number of hydrogen-bond donors (Lipinski definition) is 1. The topological polar surface area (TPSA) is 86.0 Å². The Kier molecular flexibility index (Phi) is 6.01. The maximum Gasteiger partial charge on any atom is 0.417 e. The van der Waals surface area contributed by atoms with Gasteiger partial charge in [0, 0.05) is 5.69 Å². The minimum atomic E-state index is -4.77. The average Bonchev–Trinajstić information content (AvgIpc) is 3.25. The first-order valence-corrected chi connectivity index (χ1v) is 10.7. The van der Waals surface area contributed by atoms with Gasteiger partial charge in [-0.25, -0.2) is 0 Å². The molecule has 2 heterocycles. The normalized spacial score (nSPS) is 22.3. The number of aliphatic hydroxyl groups is 1. The Morgan fingerprint density at radius 2 is 1.82 bits per heavy atom. The van der Waals surface area contributed by atoms with E-state index in [1.54, 1.807) is 43.0 Å². The SMILES string of the molecule is CC1(C)C(=O)N(c2ccc(C#N)c(C(F)(F)F)c2)C(=S)N1c1ccc(O[C@H]2COC[C@@H]2O)cc1. The fraction of sp³-hybridized carbons (Fsp3) is 0.348. The van der Waals surface area contributed by atoms with Crippen LogP contribution in [0.4, 0.5) is 24.5 Å². The van der Waals surface area contributed by atoms with Gasteiger partial charge in [0.05, 0.1) is 36.1 Å².